The molecular formula is C21H23N3O3. The Morgan fingerprint density at radius 2 is 1.85 bits per heavy atom. The monoisotopic (exact) mass is 365 g/mol. The molecule has 6 heteroatoms. The Bertz CT molecular complexity index is 920. The van der Waals surface area contributed by atoms with E-state index in [0.29, 0.717) is 29.4 Å². The fourth-order valence-electron chi connectivity index (χ4n) is 2.78. The summed E-state index contributed by atoms with van der Waals surface area (Å²) in [6.07, 6.45) is 0.865. The van der Waals surface area contributed by atoms with Gasteiger partial charge < -0.3 is 14.8 Å². The molecule has 140 valence electrons. The van der Waals surface area contributed by atoms with Gasteiger partial charge in [0.2, 0.25) is 0 Å². The quantitative estimate of drug-likeness (QED) is 0.693. The first-order valence-electron chi connectivity index (χ1n) is 8.84. The molecule has 0 aliphatic rings. The van der Waals surface area contributed by atoms with E-state index in [1.54, 1.807) is 31.0 Å². The average molecular weight is 365 g/mol. The van der Waals surface area contributed by atoms with Crippen molar-refractivity contribution >= 4 is 5.91 Å². The predicted molar refractivity (Wildman–Crippen MR) is 105 cm³/mol. The normalized spacial score (nSPS) is 10.5. The van der Waals surface area contributed by atoms with Crippen LogP contribution >= 0.6 is 0 Å². The van der Waals surface area contributed by atoms with Gasteiger partial charge >= 0.3 is 0 Å². The lowest BCUT2D eigenvalue weighted by molar-refractivity contribution is 0.0946. The summed E-state index contributed by atoms with van der Waals surface area (Å²) in [5.74, 6) is 1.17. The number of para-hydroxylation sites is 1. The van der Waals surface area contributed by atoms with Crippen molar-refractivity contribution in [3.63, 3.8) is 0 Å². The van der Waals surface area contributed by atoms with Crippen LogP contribution in [0.3, 0.4) is 0 Å². The molecule has 0 radical (unpaired) electrons. The van der Waals surface area contributed by atoms with Gasteiger partial charge in [0.05, 0.1) is 25.6 Å². The highest BCUT2D eigenvalue weighted by Crippen LogP contribution is 2.33. The maximum atomic E-state index is 12.7. The summed E-state index contributed by atoms with van der Waals surface area (Å²) in [5, 5.41) is 7.60. The van der Waals surface area contributed by atoms with Crippen LogP contribution in [-0.2, 0) is 0 Å². The van der Waals surface area contributed by atoms with E-state index < -0.39 is 0 Å². The summed E-state index contributed by atoms with van der Waals surface area (Å²) < 4.78 is 12.4. The highest BCUT2D eigenvalue weighted by molar-refractivity contribution is 5.94. The number of hydrogen-bond donors (Lipinski definition) is 1. The summed E-state index contributed by atoms with van der Waals surface area (Å²) in [6.45, 7) is 2.63. The Balaban J connectivity index is 2.10. The van der Waals surface area contributed by atoms with Crippen LogP contribution in [0.1, 0.15) is 23.8 Å². The highest BCUT2D eigenvalue weighted by Gasteiger charge is 2.19. The average Bonchev–Trinajstić information content (AvgIpc) is 3.17. The van der Waals surface area contributed by atoms with Gasteiger partial charge in [0.1, 0.15) is 17.2 Å². The topological polar surface area (TPSA) is 65.4 Å². The van der Waals surface area contributed by atoms with E-state index in [1.165, 1.54) is 0 Å². The molecule has 3 rings (SSSR count). The van der Waals surface area contributed by atoms with Crippen LogP contribution in [-0.4, -0.2) is 36.5 Å². The van der Waals surface area contributed by atoms with Gasteiger partial charge in [-0.25, -0.2) is 4.68 Å². The predicted octanol–water partition coefficient (Wildman–Crippen LogP) is 3.70. The number of hydrogen-bond acceptors (Lipinski definition) is 4. The maximum Gasteiger partial charge on any atom is 0.270 e. The molecule has 1 amide bonds. The minimum atomic E-state index is -0.160. The molecule has 27 heavy (non-hydrogen) atoms. The molecule has 3 aromatic rings. The summed E-state index contributed by atoms with van der Waals surface area (Å²) >= 11 is 0. The number of benzene rings is 2. The van der Waals surface area contributed by atoms with Crippen LogP contribution in [0.25, 0.3) is 16.9 Å². The summed E-state index contributed by atoms with van der Waals surface area (Å²) in [6, 6.07) is 16.9. The zero-order valence-corrected chi connectivity index (χ0v) is 15.7. The van der Waals surface area contributed by atoms with E-state index in [4.69, 9.17) is 9.47 Å². The first kappa shape index (κ1) is 18.5. The van der Waals surface area contributed by atoms with Gasteiger partial charge in [-0.15, -0.1) is 0 Å². The van der Waals surface area contributed by atoms with Crippen molar-refractivity contribution in [2.24, 2.45) is 0 Å². The largest absolute Gasteiger partial charge is 0.497 e. The first-order chi connectivity index (χ1) is 13.2. The Kier molecular flexibility index (Phi) is 5.76. The lowest BCUT2D eigenvalue weighted by atomic mass is 10.1. The standard InChI is InChI=1S/C21H23N3O3/c1-4-12-22-21(25)19-14-18(23-24(19)15-8-6-5-7-9-15)17-11-10-16(26-2)13-20(17)27-3/h5-11,13-14H,4,12H2,1-3H3,(H,22,25). The molecule has 0 atom stereocenters. The minimum absolute atomic E-state index is 0.160. The molecule has 1 aromatic heterocycles. The summed E-state index contributed by atoms with van der Waals surface area (Å²) in [4.78, 5) is 12.7. The number of nitrogens with zero attached hydrogens (tertiary/aromatic N) is 2. The fraction of sp³-hybridized carbons (Fsp3) is 0.238. The number of nitrogens with one attached hydrogen (secondary N) is 1. The van der Waals surface area contributed by atoms with Crippen LogP contribution in [0.2, 0.25) is 0 Å². The number of aromatic nitrogens is 2. The smallest absolute Gasteiger partial charge is 0.270 e. The maximum absolute atomic E-state index is 12.7. The van der Waals surface area contributed by atoms with Gasteiger partial charge in [-0.2, -0.15) is 5.10 Å². The van der Waals surface area contributed by atoms with Gasteiger partial charge in [0.25, 0.3) is 5.91 Å². The van der Waals surface area contributed by atoms with E-state index in [1.807, 2.05) is 49.4 Å². The van der Waals surface area contributed by atoms with Crippen LogP contribution in [0.5, 0.6) is 11.5 Å². The zero-order chi connectivity index (χ0) is 19.2. The lowest BCUT2D eigenvalue weighted by Crippen LogP contribution is -2.26. The number of carbonyl (C=O) groups excluding carboxylic acids is 1. The summed E-state index contributed by atoms with van der Waals surface area (Å²) in [7, 11) is 3.20. The molecular weight excluding hydrogens is 342 g/mol. The Morgan fingerprint density at radius 3 is 2.52 bits per heavy atom. The van der Waals surface area contributed by atoms with Gasteiger partial charge in [-0.3, -0.25) is 4.79 Å². The number of amides is 1. The second kappa shape index (κ2) is 8.40. The Hall–Kier alpha value is -3.28. The molecule has 0 saturated heterocycles. The van der Waals surface area contributed by atoms with E-state index in [0.717, 1.165) is 17.7 Å². The fourth-order valence-corrected chi connectivity index (χ4v) is 2.78. The second-order valence-electron chi connectivity index (χ2n) is 5.98. The molecule has 1 heterocycles. The van der Waals surface area contributed by atoms with E-state index in [-0.39, 0.29) is 5.91 Å². The molecule has 1 N–H and O–H groups in total. The van der Waals surface area contributed by atoms with Gasteiger partial charge in [0.15, 0.2) is 0 Å². The number of carbonyl (C=O) groups is 1. The van der Waals surface area contributed by atoms with Crippen molar-refractivity contribution < 1.29 is 14.3 Å². The van der Waals surface area contributed by atoms with Gasteiger partial charge in [-0.05, 0) is 36.8 Å². The van der Waals surface area contributed by atoms with E-state index >= 15 is 0 Å². The number of ether oxygens (including phenoxy) is 2. The van der Waals surface area contributed by atoms with Gasteiger partial charge in [-0.1, -0.05) is 25.1 Å². The third-order valence-corrected chi connectivity index (χ3v) is 4.16. The zero-order valence-electron chi connectivity index (χ0n) is 15.7. The molecule has 0 fully saturated rings. The van der Waals surface area contributed by atoms with Crippen molar-refractivity contribution in [3.05, 3.63) is 60.3 Å². The SMILES string of the molecule is CCCNC(=O)c1cc(-c2ccc(OC)cc2OC)nn1-c1ccccc1. The third-order valence-electron chi connectivity index (χ3n) is 4.16. The molecule has 6 nitrogen and oxygen atoms in total. The van der Waals surface area contributed by atoms with Gasteiger partial charge in [0, 0.05) is 18.2 Å². The lowest BCUT2D eigenvalue weighted by Gasteiger charge is -2.08. The Labute approximate surface area is 158 Å². The second-order valence-corrected chi connectivity index (χ2v) is 5.98. The number of methoxy groups -OCH3 is 2. The highest BCUT2D eigenvalue weighted by atomic mass is 16.5. The van der Waals surface area contributed by atoms with Crippen molar-refractivity contribution in [2.45, 2.75) is 13.3 Å². The number of rotatable bonds is 7. The molecule has 0 aliphatic heterocycles. The first-order valence-corrected chi connectivity index (χ1v) is 8.84. The van der Waals surface area contributed by atoms with Crippen molar-refractivity contribution in [1.29, 1.82) is 0 Å². The van der Waals surface area contributed by atoms with Crippen molar-refractivity contribution in [2.75, 3.05) is 20.8 Å². The minimum Gasteiger partial charge on any atom is -0.497 e. The van der Waals surface area contributed by atoms with Crippen LogP contribution in [0.4, 0.5) is 0 Å². The van der Waals surface area contributed by atoms with Crippen molar-refractivity contribution in [3.8, 4) is 28.4 Å². The van der Waals surface area contributed by atoms with Crippen LogP contribution in [0.15, 0.2) is 54.6 Å². The van der Waals surface area contributed by atoms with E-state index in [9.17, 15) is 4.79 Å². The Morgan fingerprint density at radius 1 is 1.07 bits per heavy atom. The molecule has 0 saturated carbocycles. The molecule has 0 bridgehead atoms. The molecule has 2 aromatic carbocycles. The van der Waals surface area contributed by atoms with Crippen LogP contribution < -0.4 is 14.8 Å². The molecule has 0 spiro atoms. The molecule has 0 unspecified atom stereocenters. The van der Waals surface area contributed by atoms with Crippen molar-refractivity contribution in [1.82, 2.24) is 15.1 Å². The van der Waals surface area contributed by atoms with E-state index in [2.05, 4.69) is 10.4 Å². The third kappa shape index (κ3) is 3.95. The van der Waals surface area contributed by atoms with Crippen LogP contribution in [0, 0.1) is 0 Å². The molecule has 0 aliphatic carbocycles. The summed E-state index contributed by atoms with van der Waals surface area (Å²) in [5.41, 5.74) is 2.73.